The predicted octanol–water partition coefficient (Wildman–Crippen LogP) is 2.79. The zero-order chi connectivity index (χ0) is 32.1. The summed E-state index contributed by atoms with van der Waals surface area (Å²) in [5, 5.41) is 22.1. The summed E-state index contributed by atoms with van der Waals surface area (Å²) in [5.74, 6) is -0.643. The van der Waals surface area contributed by atoms with Gasteiger partial charge in [0.2, 0.25) is 5.91 Å². The Bertz CT molecular complexity index is 1300. The van der Waals surface area contributed by atoms with E-state index < -0.39 is 41.5 Å². The van der Waals surface area contributed by atoms with E-state index >= 15 is 0 Å². The van der Waals surface area contributed by atoms with Crippen LogP contribution < -0.4 is 16.4 Å². The molecule has 2 aliphatic rings. The summed E-state index contributed by atoms with van der Waals surface area (Å²) >= 11 is 0. The lowest BCUT2D eigenvalue weighted by atomic mass is 9.87. The molecule has 44 heavy (non-hydrogen) atoms. The molecule has 1 amide bonds. The van der Waals surface area contributed by atoms with Gasteiger partial charge < -0.3 is 30.4 Å². The molecule has 0 aromatic carbocycles. The van der Waals surface area contributed by atoms with E-state index in [2.05, 4.69) is 27.6 Å². The molecule has 1 saturated heterocycles. The Morgan fingerprint density at radius 3 is 2.61 bits per heavy atom. The maximum absolute atomic E-state index is 13.1. The normalized spacial score (nSPS) is 24.8. The highest BCUT2D eigenvalue weighted by atomic mass is 16.6. The lowest BCUT2D eigenvalue weighted by molar-refractivity contribution is -0.164. The van der Waals surface area contributed by atoms with Gasteiger partial charge in [0.1, 0.15) is 36.7 Å². The van der Waals surface area contributed by atoms with E-state index in [9.17, 15) is 19.5 Å². The number of nitrogens with zero attached hydrogens (tertiary/aromatic N) is 3. The topological polar surface area (TPSA) is 179 Å². The van der Waals surface area contributed by atoms with Crippen LogP contribution in [0.25, 0.3) is 5.52 Å². The van der Waals surface area contributed by atoms with Crippen molar-refractivity contribution in [1.29, 1.82) is 0 Å². The maximum atomic E-state index is 13.1. The van der Waals surface area contributed by atoms with Crippen LogP contribution in [0.1, 0.15) is 91.2 Å². The van der Waals surface area contributed by atoms with E-state index in [0.717, 1.165) is 44.9 Å². The molecule has 1 aliphatic carbocycles. The molecule has 1 saturated carbocycles. The standard InChI is InChI=1S/C31H48N6O7/c1-6-7-8-13-23(38)36-28-20-14-15-22(37(20)35-18-34-28)31(33-5)27(40)25(43-29(41)26(32)30(2,3)4)21(44-31)17-42-24(39)16-19-11-9-10-12-19/h14-15,18-19,21,25-27,33,40H,6-13,16-17,32H2,1-5H3,(H,34,35,36,38)/t21-,25-,26-,27-,31+/m1/s1. The zero-order valence-corrected chi connectivity index (χ0v) is 26.5. The summed E-state index contributed by atoms with van der Waals surface area (Å²) in [6.45, 7) is 7.26. The van der Waals surface area contributed by atoms with E-state index in [1.807, 2.05) is 20.8 Å². The third kappa shape index (κ3) is 7.39. The summed E-state index contributed by atoms with van der Waals surface area (Å²) in [6.07, 6.45) is 5.17. The fourth-order valence-corrected chi connectivity index (χ4v) is 5.91. The second-order valence-electron chi connectivity index (χ2n) is 13.0. The number of hydrogen-bond donors (Lipinski definition) is 4. The van der Waals surface area contributed by atoms with E-state index in [-0.39, 0.29) is 18.5 Å². The second kappa shape index (κ2) is 14.3. The second-order valence-corrected chi connectivity index (χ2v) is 13.0. The van der Waals surface area contributed by atoms with Gasteiger partial charge in [-0.1, -0.05) is 53.4 Å². The van der Waals surface area contributed by atoms with Crippen LogP contribution in [0.3, 0.4) is 0 Å². The largest absolute Gasteiger partial charge is 0.463 e. The highest BCUT2D eigenvalue weighted by molar-refractivity contribution is 5.93. The van der Waals surface area contributed by atoms with Crippen LogP contribution in [0.4, 0.5) is 5.82 Å². The van der Waals surface area contributed by atoms with Crippen LogP contribution in [0.5, 0.6) is 0 Å². The SMILES string of the molecule is CCCCCC(=O)Nc1ncnn2c([C@]3(NC)O[C@H](COC(=O)CC4CCCC4)[C@@H](OC(=O)[C@@H](N)C(C)(C)C)[C@H]3O)ccc12. The highest BCUT2D eigenvalue weighted by Gasteiger charge is 2.59. The molecule has 13 heteroatoms. The molecule has 4 rings (SSSR count). The number of anilines is 1. The molecule has 5 atom stereocenters. The number of rotatable bonds is 13. The highest BCUT2D eigenvalue weighted by Crippen LogP contribution is 2.40. The van der Waals surface area contributed by atoms with Gasteiger partial charge in [0.25, 0.3) is 0 Å². The molecular formula is C31H48N6O7. The van der Waals surface area contributed by atoms with Gasteiger partial charge in [-0.15, -0.1) is 0 Å². The summed E-state index contributed by atoms with van der Waals surface area (Å²) in [6, 6.07) is 2.41. The number of esters is 2. The van der Waals surface area contributed by atoms with Crippen LogP contribution in [-0.4, -0.2) is 75.6 Å². The molecule has 2 aromatic rings. The van der Waals surface area contributed by atoms with Gasteiger partial charge in [-0.05, 0) is 49.8 Å². The van der Waals surface area contributed by atoms with Crippen molar-refractivity contribution in [2.75, 3.05) is 19.0 Å². The molecule has 0 spiro atoms. The number of nitrogens with two attached hydrogens (primary N) is 1. The molecule has 3 heterocycles. The molecule has 0 unspecified atom stereocenters. The van der Waals surface area contributed by atoms with Crippen LogP contribution in [0, 0.1) is 11.3 Å². The van der Waals surface area contributed by atoms with Crippen molar-refractivity contribution in [1.82, 2.24) is 19.9 Å². The van der Waals surface area contributed by atoms with Gasteiger partial charge in [-0.3, -0.25) is 19.7 Å². The molecule has 2 fully saturated rings. The minimum absolute atomic E-state index is 0.163. The number of carbonyl (C=O) groups excluding carboxylic acids is 3. The fourth-order valence-electron chi connectivity index (χ4n) is 5.91. The number of unbranched alkanes of at least 4 members (excludes halogenated alkanes) is 2. The Morgan fingerprint density at radius 1 is 1.23 bits per heavy atom. The van der Waals surface area contributed by atoms with Crippen LogP contribution >= 0.6 is 0 Å². The number of likely N-dealkylation sites (N-methyl/N-ethyl adjacent to an activating group) is 1. The number of carbonyl (C=O) groups is 3. The Labute approximate surface area is 258 Å². The Kier molecular flexibility index (Phi) is 11.0. The first-order valence-corrected chi connectivity index (χ1v) is 15.7. The lowest BCUT2D eigenvalue weighted by Gasteiger charge is -2.32. The summed E-state index contributed by atoms with van der Waals surface area (Å²) < 4.78 is 19.4. The van der Waals surface area contributed by atoms with Gasteiger partial charge in [-0.25, -0.2) is 9.50 Å². The van der Waals surface area contributed by atoms with E-state index in [0.29, 0.717) is 35.8 Å². The van der Waals surface area contributed by atoms with Crippen molar-refractivity contribution in [3.05, 3.63) is 24.2 Å². The predicted molar refractivity (Wildman–Crippen MR) is 162 cm³/mol. The average Bonchev–Trinajstić information content (AvgIpc) is 3.71. The van der Waals surface area contributed by atoms with E-state index in [1.165, 1.54) is 10.8 Å². The van der Waals surface area contributed by atoms with E-state index in [1.54, 1.807) is 19.2 Å². The third-order valence-electron chi connectivity index (χ3n) is 8.68. The van der Waals surface area contributed by atoms with Crippen molar-refractivity contribution >= 4 is 29.2 Å². The first-order valence-electron chi connectivity index (χ1n) is 15.7. The van der Waals surface area contributed by atoms with Gasteiger partial charge in [0.05, 0.1) is 5.69 Å². The summed E-state index contributed by atoms with van der Waals surface area (Å²) in [7, 11) is 1.59. The molecule has 1 aliphatic heterocycles. The fraction of sp³-hybridized carbons (Fsp3) is 0.710. The lowest BCUT2D eigenvalue weighted by Crippen LogP contribution is -2.53. The minimum atomic E-state index is -1.64. The molecule has 0 radical (unpaired) electrons. The molecule has 244 valence electrons. The average molecular weight is 617 g/mol. The molecule has 5 N–H and O–H groups in total. The number of amides is 1. The quantitative estimate of drug-likeness (QED) is 0.192. The van der Waals surface area contributed by atoms with Crippen molar-refractivity contribution in [3.63, 3.8) is 0 Å². The molecule has 2 aromatic heterocycles. The van der Waals surface area contributed by atoms with Crippen molar-refractivity contribution in [2.24, 2.45) is 17.1 Å². The Morgan fingerprint density at radius 2 is 1.95 bits per heavy atom. The van der Waals surface area contributed by atoms with Crippen LogP contribution in [-0.2, 0) is 34.3 Å². The van der Waals surface area contributed by atoms with Gasteiger partial charge >= 0.3 is 11.9 Å². The number of ether oxygens (including phenoxy) is 3. The van der Waals surface area contributed by atoms with Crippen molar-refractivity contribution in [3.8, 4) is 0 Å². The van der Waals surface area contributed by atoms with Crippen LogP contribution in [0.15, 0.2) is 18.5 Å². The molecular weight excluding hydrogens is 568 g/mol. The van der Waals surface area contributed by atoms with Gasteiger partial charge in [0, 0.05) is 12.8 Å². The number of fused-ring (bicyclic) bond motifs is 1. The smallest absolute Gasteiger partial charge is 0.323 e. The third-order valence-corrected chi connectivity index (χ3v) is 8.68. The number of nitrogens with one attached hydrogen (secondary N) is 2. The van der Waals surface area contributed by atoms with E-state index in [4.69, 9.17) is 19.9 Å². The first-order chi connectivity index (χ1) is 20.9. The number of hydrogen-bond acceptors (Lipinski definition) is 11. The Hall–Kier alpha value is -3.13. The maximum Gasteiger partial charge on any atom is 0.323 e. The van der Waals surface area contributed by atoms with Crippen LogP contribution in [0.2, 0.25) is 0 Å². The summed E-state index contributed by atoms with van der Waals surface area (Å²) in [4.78, 5) is 42.7. The summed E-state index contributed by atoms with van der Waals surface area (Å²) in [5.41, 5.74) is 4.80. The monoisotopic (exact) mass is 616 g/mol. The number of aliphatic hydroxyl groups excluding tert-OH is 1. The van der Waals surface area contributed by atoms with Crippen molar-refractivity contribution < 1.29 is 33.7 Å². The number of aromatic nitrogens is 3. The van der Waals surface area contributed by atoms with Gasteiger partial charge in [0.15, 0.2) is 17.6 Å². The van der Waals surface area contributed by atoms with Gasteiger partial charge in [-0.2, -0.15) is 5.10 Å². The molecule has 0 bridgehead atoms. The minimum Gasteiger partial charge on any atom is -0.463 e. The van der Waals surface area contributed by atoms with Crippen molar-refractivity contribution in [2.45, 2.75) is 116 Å². The zero-order valence-electron chi connectivity index (χ0n) is 26.5. The Balaban J connectivity index is 1.62. The molecule has 13 nitrogen and oxygen atoms in total. The first kappa shape index (κ1) is 33.8. The number of aliphatic hydroxyl groups is 1.